The topological polar surface area (TPSA) is 58.2 Å². The molecule has 0 aromatic heterocycles. The molecule has 0 atom stereocenters. The molecule has 1 aromatic rings. The van der Waals surface area contributed by atoms with E-state index in [1.807, 2.05) is 0 Å². The number of carbonyl (C=O) groups excluding carboxylic acids is 2. The zero-order chi connectivity index (χ0) is 13.8. The highest BCUT2D eigenvalue weighted by Gasteiger charge is 2.29. The summed E-state index contributed by atoms with van der Waals surface area (Å²) in [4.78, 5) is 23.1. The fraction of sp³-hybridized carbons (Fsp3) is 0.385. The molecule has 102 valence electrons. The Kier molecular flexibility index (Phi) is 4.52. The van der Waals surface area contributed by atoms with E-state index in [0.717, 1.165) is 12.8 Å². The molecule has 2 rings (SSSR count). The molecule has 0 spiro atoms. The van der Waals surface area contributed by atoms with E-state index in [0.29, 0.717) is 11.0 Å². The SMILES string of the molecule is O=C(NCCNC(=O)C1CC1)c1c(F)cccc1Br. The van der Waals surface area contributed by atoms with E-state index in [9.17, 15) is 14.0 Å². The second-order valence-electron chi connectivity index (χ2n) is 4.42. The van der Waals surface area contributed by atoms with Crippen molar-refractivity contribution in [1.29, 1.82) is 0 Å². The second kappa shape index (κ2) is 6.14. The summed E-state index contributed by atoms with van der Waals surface area (Å²) in [5.74, 6) is -0.891. The average Bonchev–Trinajstić information content (AvgIpc) is 3.18. The molecule has 1 aliphatic carbocycles. The van der Waals surface area contributed by atoms with Crippen LogP contribution in [0.25, 0.3) is 0 Å². The second-order valence-corrected chi connectivity index (χ2v) is 5.27. The molecule has 0 unspecified atom stereocenters. The summed E-state index contributed by atoms with van der Waals surface area (Å²) in [6.07, 6.45) is 1.89. The van der Waals surface area contributed by atoms with Gasteiger partial charge in [0.2, 0.25) is 5.91 Å². The Morgan fingerprint density at radius 2 is 1.95 bits per heavy atom. The number of benzene rings is 1. The summed E-state index contributed by atoms with van der Waals surface area (Å²) < 4.78 is 13.9. The van der Waals surface area contributed by atoms with E-state index in [1.54, 1.807) is 6.07 Å². The zero-order valence-corrected chi connectivity index (χ0v) is 11.8. The van der Waals surface area contributed by atoms with Gasteiger partial charge in [0.25, 0.3) is 5.91 Å². The van der Waals surface area contributed by atoms with Gasteiger partial charge in [0.1, 0.15) is 5.82 Å². The minimum Gasteiger partial charge on any atom is -0.354 e. The summed E-state index contributed by atoms with van der Waals surface area (Å²) in [7, 11) is 0. The van der Waals surface area contributed by atoms with Crippen LogP contribution in [0, 0.1) is 11.7 Å². The Morgan fingerprint density at radius 3 is 2.58 bits per heavy atom. The number of amides is 2. The third-order valence-electron chi connectivity index (χ3n) is 2.85. The Morgan fingerprint density at radius 1 is 1.26 bits per heavy atom. The van der Waals surface area contributed by atoms with Gasteiger partial charge >= 0.3 is 0 Å². The van der Waals surface area contributed by atoms with Gasteiger partial charge in [-0.25, -0.2) is 4.39 Å². The van der Waals surface area contributed by atoms with Gasteiger partial charge in [-0.05, 0) is 40.9 Å². The summed E-state index contributed by atoms with van der Waals surface area (Å²) >= 11 is 3.14. The van der Waals surface area contributed by atoms with Crippen molar-refractivity contribution < 1.29 is 14.0 Å². The molecular weight excluding hydrogens is 315 g/mol. The van der Waals surface area contributed by atoms with Crippen molar-refractivity contribution in [1.82, 2.24) is 10.6 Å². The predicted molar refractivity (Wildman–Crippen MR) is 72.2 cm³/mol. The minimum absolute atomic E-state index is 0.0176. The zero-order valence-electron chi connectivity index (χ0n) is 10.2. The lowest BCUT2D eigenvalue weighted by Crippen LogP contribution is -2.35. The molecule has 0 bridgehead atoms. The highest BCUT2D eigenvalue weighted by atomic mass is 79.9. The van der Waals surface area contributed by atoms with Crippen LogP contribution in [-0.4, -0.2) is 24.9 Å². The van der Waals surface area contributed by atoms with E-state index in [4.69, 9.17) is 0 Å². The van der Waals surface area contributed by atoms with Crippen LogP contribution in [0.1, 0.15) is 23.2 Å². The first-order chi connectivity index (χ1) is 9.09. The lowest BCUT2D eigenvalue weighted by Gasteiger charge is -2.08. The van der Waals surface area contributed by atoms with E-state index in [1.165, 1.54) is 12.1 Å². The van der Waals surface area contributed by atoms with Crippen molar-refractivity contribution in [3.8, 4) is 0 Å². The number of hydrogen-bond donors (Lipinski definition) is 2. The van der Waals surface area contributed by atoms with E-state index in [-0.39, 0.29) is 23.9 Å². The number of hydrogen-bond acceptors (Lipinski definition) is 2. The Balaban J connectivity index is 1.79. The van der Waals surface area contributed by atoms with Gasteiger partial charge in [0, 0.05) is 23.5 Å². The first-order valence-corrected chi connectivity index (χ1v) is 6.89. The summed E-state index contributed by atoms with van der Waals surface area (Å²) in [6, 6.07) is 4.35. The molecule has 4 nitrogen and oxygen atoms in total. The third-order valence-corrected chi connectivity index (χ3v) is 3.51. The average molecular weight is 329 g/mol. The number of rotatable bonds is 5. The van der Waals surface area contributed by atoms with Crippen molar-refractivity contribution in [3.05, 3.63) is 34.1 Å². The highest BCUT2D eigenvalue weighted by molar-refractivity contribution is 9.10. The maximum Gasteiger partial charge on any atom is 0.255 e. The standard InChI is InChI=1S/C13H14BrFN2O2/c14-9-2-1-3-10(15)11(9)13(19)17-7-6-16-12(18)8-4-5-8/h1-3,8H,4-7H2,(H,16,18)(H,17,19). The molecule has 0 saturated heterocycles. The van der Waals surface area contributed by atoms with Crippen molar-refractivity contribution in [2.75, 3.05) is 13.1 Å². The molecule has 1 aromatic carbocycles. The van der Waals surface area contributed by atoms with Gasteiger partial charge in [-0.2, -0.15) is 0 Å². The van der Waals surface area contributed by atoms with Gasteiger partial charge in [0.05, 0.1) is 5.56 Å². The Bertz CT molecular complexity index is 483. The monoisotopic (exact) mass is 328 g/mol. The maximum atomic E-state index is 13.5. The fourth-order valence-corrected chi connectivity index (χ4v) is 2.18. The predicted octanol–water partition coefficient (Wildman–Crippen LogP) is 1.84. The van der Waals surface area contributed by atoms with Gasteiger partial charge in [-0.3, -0.25) is 9.59 Å². The lowest BCUT2D eigenvalue weighted by molar-refractivity contribution is -0.122. The van der Waals surface area contributed by atoms with Crippen LogP contribution >= 0.6 is 15.9 Å². The largest absolute Gasteiger partial charge is 0.354 e. The smallest absolute Gasteiger partial charge is 0.255 e. The number of nitrogens with one attached hydrogen (secondary N) is 2. The van der Waals surface area contributed by atoms with Crippen molar-refractivity contribution in [2.24, 2.45) is 5.92 Å². The summed E-state index contributed by atoms with van der Waals surface area (Å²) in [5.41, 5.74) is -0.0176. The highest BCUT2D eigenvalue weighted by Crippen LogP contribution is 2.28. The lowest BCUT2D eigenvalue weighted by atomic mass is 10.2. The summed E-state index contributed by atoms with van der Waals surface area (Å²) in [5, 5.41) is 5.29. The van der Waals surface area contributed by atoms with Gasteiger partial charge in [0.15, 0.2) is 0 Å². The first kappa shape index (κ1) is 14.0. The molecule has 2 N–H and O–H groups in total. The molecule has 1 fully saturated rings. The third kappa shape index (κ3) is 3.76. The summed E-state index contributed by atoms with van der Waals surface area (Å²) in [6.45, 7) is 0.630. The van der Waals surface area contributed by atoms with Gasteiger partial charge in [-0.15, -0.1) is 0 Å². The molecule has 1 saturated carbocycles. The molecule has 0 heterocycles. The minimum atomic E-state index is -0.575. The quantitative estimate of drug-likeness (QED) is 0.810. The molecule has 2 amide bonds. The van der Waals surface area contributed by atoms with E-state index < -0.39 is 11.7 Å². The van der Waals surface area contributed by atoms with Crippen molar-refractivity contribution in [2.45, 2.75) is 12.8 Å². The molecule has 0 aliphatic heterocycles. The molecule has 19 heavy (non-hydrogen) atoms. The van der Waals surface area contributed by atoms with E-state index in [2.05, 4.69) is 26.6 Å². The molecular formula is C13H14BrFN2O2. The van der Waals surface area contributed by atoms with Gasteiger partial charge < -0.3 is 10.6 Å². The molecule has 0 radical (unpaired) electrons. The Labute approximate surface area is 118 Å². The van der Waals surface area contributed by atoms with Crippen LogP contribution in [0.4, 0.5) is 4.39 Å². The van der Waals surface area contributed by atoms with Gasteiger partial charge in [-0.1, -0.05) is 6.07 Å². The van der Waals surface area contributed by atoms with Crippen LogP contribution < -0.4 is 10.6 Å². The van der Waals surface area contributed by atoms with Crippen LogP contribution in [0.2, 0.25) is 0 Å². The molecule has 1 aliphatic rings. The van der Waals surface area contributed by atoms with Crippen molar-refractivity contribution in [3.63, 3.8) is 0 Å². The fourth-order valence-electron chi connectivity index (χ4n) is 1.65. The normalized spacial score (nSPS) is 14.0. The Hall–Kier alpha value is -1.43. The van der Waals surface area contributed by atoms with Crippen LogP contribution in [-0.2, 0) is 4.79 Å². The van der Waals surface area contributed by atoms with Crippen molar-refractivity contribution >= 4 is 27.7 Å². The number of halogens is 2. The maximum absolute atomic E-state index is 13.5. The number of carbonyl (C=O) groups is 2. The molecule has 6 heteroatoms. The van der Waals surface area contributed by atoms with Crippen LogP contribution in [0.5, 0.6) is 0 Å². The van der Waals surface area contributed by atoms with Crippen LogP contribution in [0.15, 0.2) is 22.7 Å². The van der Waals surface area contributed by atoms with Crippen LogP contribution in [0.3, 0.4) is 0 Å². The first-order valence-electron chi connectivity index (χ1n) is 6.09. The van der Waals surface area contributed by atoms with E-state index >= 15 is 0 Å².